The second-order valence-corrected chi connectivity index (χ2v) is 5.32. The molecule has 0 atom stereocenters. The molecule has 21 heavy (non-hydrogen) atoms. The Morgan fingerprint density at radius 3 is 2.81 bits per heavy atom. The second-order valence-electron chi connectivity index (χ2n) is 5.32. The van der Waals surface area contributed by atoms with E-state index in [1.807, 2.05) is 22.4 Å². The third-order valence-corrected chi connectivity index (χ3v) is 3.73. The third-order valence-electron chi connectivity index (χ3n) is 3.73. The number of nitrogen functional groups attached to an aromatic ring is 1. The lowest BCUT2D eigenvalue weighted by molar-refractivity contribution is 0.705. The average molecular weight is 284 g/mol. The first-order valence-corrected chi connectivity index (χ1v) is 7.20. The smallest absolute Gasteiger partial charge is 0.202 e. The molecule has 0 radical (unpaired) electrons. The first-order valence-electron chi connectivity index (χ1n) is 7.20. The maximum Gasteiger partial charge on any atom is 0.202 e. The fourth-order valence-corrected chi connectivity index (χ4v) is 2.65. The minimum Gasteiger partial charge on any atom is -0.369 e. The van der Waals surface area contributed by atoms with Crippen LogP contribution in [0, 0.1) is 6.92 Å². The highest BCUT2D eigenvalue weighted by Crippen LogP contribution is 2.23. The highest BCUT2D eigenvalue weighted by molar-refractivity contribution is 5.77. The normalized spacial score (nSPS) is 11.4. The number of nitrogens with zero attached hydrogens (tertiary/aromatic N) is 5. The minimum atomic E-state index is 0.514. The van der Waals surface area contributed by atoms with Crippen LogP contribution >= 0.6 is 0 Å². The van der Waals surface area contributed by atoms with Crippen LogP contribution in [0.4, 0.5) is 5.95 Å². The lowest BCUT2D eigenvalue weighted by Crippen LogP contribution is -2.10. The number of imidazole rings is 1. The Morgan fingerprint density at radius 1 is 1.29 bits per heavy atom. The molecule has 0 spiro atoms. The van der Waals surface area contributed by atoms with Gasteiger partial charge in [0.05, 0.1) is 17.9 Å². The van der Waals surface area contributed by atoms with Crippen LogP contribution in [-0.2, 0) is 20.0 Å². The molecule has 0 bridgehead atoms. The van der Waals surface area contributed by atoms with E-state index in [4.69, 9.17) is 5.73 Å². The van der Waals surface area contributed by atoms with Crippen LogP contribution in [0.25, 0.3) is 11.2 Å². The topological polar surface area (TPSA) is 74.6 Å². The van der Waals surface area contributed by atoms with Crippen molar-refractivity contribution in [1.29, 1.82) is 0 Å². The highest BCUT2D eigenvalue weighted by Gasteiger charge is 2.18. The summed E-state index contributed by atoms with van der Waals surface area (Å²) in [4.78, 5) is 8.95. The van der Waals surface area contributed by atoms with E-state index in [9.17, 15) is 0 Å². The van der Waals surface area contributed by atoms with Gasteiger partial charge in [-0.2, -0.15) is 5.10 Å². The van der Waals surface area contributed by atoms with Crippen molar-refractivity contribution in [2.24, 2.45) is 7.05 Å². The SMILES string of the molecule is CCCc1nn(C)c2c1nc(N)n2Cc1ncccc1C. The number of hydrogen-bond donors (Lipinski definition) is 1. The molecule has 0 unspecified atom stereocenters. The van der Waals surface area contributed by atoms with E-state index < -0.39 is 0 Å². The lowest BCUT2D eigenvalue weighted by Gasteiger charge is -2.08. The number of hydrogen-bond acceptors (Lipinski definition) is 4. The number of anilines is 1. The molecule has 0 aliphatic rings. The van der Waals surface area contributed by atoms with Crippen LogP contribution in [0.3, 0.4) is 0 Å². The van der Waals surface area contributed by atoms with Gasteiger partial charge in [-0.1, -0.05) is 19.4 Å². The van der Waals surface area contributed by atoms with Crippen molar-refractivity contribution in [2.75, 3.05) is 5.73 Å². The zero-order valence-corrected chi connectivity index (χ0v) is 12.7. The molecular formula is C15H20N6. The zero-order chi connectivity index (χ0) is 15.0. The zero-order valence-electron chi connectivity index (χ0n) is 12.7. The summed E-state index contributed by atoms with van der Waals surface area (Å²) in [6.07, 6.45) is 3.76. The molecule has 110 valence electrons. The Bertz CT molecular complexity index is 783. The summed E-state index contributed by atoms with van der Waals surface area (Å²) in [5, 5.41) is 4.56. The van der Waals surface area contributed by atoms with Crippen molar-refractivity contribution in [3.63, 3.8) is 0 Å². The molecule has 3 aromatic heterocycles. The minimum absolute atomic E-state index is 0.514. The van der Waals surface area contributed by atoms with Crippen LogP contribution < -0.4 is 5.73 Å². The van der Waals surface area contributed by atoms with Gasteiger partial charge in [0, 0.05) is 13.2 Å². The number of nitrogens with two attached hydrogens (primary N) is 1. The van der Waals surface area contributed by atoms with Crippen molar-refractivity contribution in [3.05, 3.63) is 35.3 Å². The van der Waals surface area contributed by atoms with Gasteiger partial charge >= 0.3 is 0 Å². The predicted octanol–water partition coefficient (Wildman–Crippen LogP) is 2.06. The Balaban J connectivity index is 2.10. The van der Waals surface area contributed by atoms with Gasteiger partial charge in [-0.3, -0.25) is 14.2 Å². The molecule has 3 aromatic rings. The molecule has 0 aliphatic heterocycles. The standard InChI is InChI=1S/C15H20N6/c1-4-6-11-13-14(20(3)19-11)21(15(16)18-13)9-12-10(2)7-5-8-17-12/h5,7-8H,4,6,9H2,1-3H3,(H2,16,18). The van der Waals surface area contributed by atoms with Crippen LogP contribution in [0.5, 0.6) is 0 Å². The van der Waals surface area contributed by atoms with Gasteiger partial charge in [0.25, 0.3) is 0 Å². The Morgan fingerprint density at radius 2 is 2.10 bits per heavy atom. The summed E-state index contributed by atoms with van der Waals surface area (Å²) >= 11 is 0. The lowest BCUT2D eigenvalue weighted by atomic mass is 10.2. The maximum atomic E-state index is 6.11. The van der Waals surface area contributed by atoms with E-state index >= 15 is 0 Å². The molecule has 0 saturated carbocycles. The molecular weight excluding hydrogens is 264 g/mol. The van der Waals surface area contributed by atoms with Crippen molar-refractivity contribution in [2.45, 2.75) is 33.2 Å². The summed E-state index contributed by atoms with van der Waals surface area (Å²) in [6.45, 7) is 4.80. The van der Waals surface area contributed by atoms with E-state index in [0.29, 0.717) is 12.5 Å². The Labute approximate surface area is 123 Å². The van der Waals surface area contributed by atoms with Gasteiger partial charge in [-0.25, -0.2) is 4.98 Å². The number of pyridine rings is 1. The molecule has 6 heteroatoms. The molecule has 0 aliphatic carbocycles. The van der Waals surface area contributed by atoms with E-state index in [2.05, 4.69) is 35.0 Å². The summed E-state index contributed by atoms with van der Waals surface area (Å²) in [5.74, 6) is 0.514. The molecule has 2 N–H and O–H groups in total. The second kappa shape index (κ2) is 5.20. The van der Waals surface area contributed by atoms with E-state index in [1.165, 1.54) is 0 Å². The predicted molar refractivity (Wildman–Crippen MR) is 83.0 cm³/mol. The molecule has 3 heterocycles. The number of rotatable bonds is 4. The number of fused-ring (bicyclic) bond motifs is 1. The van der Waals surface area contributed by atoms with E-state index in [1.54, 1.807) is 6.20 Å². The van der Waals surface area contributed by atoms with Crippen LogP contribution in [0.1, 0.15) is 30.3 Å². The first-order chi connectivity index (χ1) is 10.1. The average Bonchev–Trinajstić information content (AvgIpc) is 2.92. The van der Waals surface area contributed by atoms with E-state index in [0.717, 1.165) is 41.0 Å². The first kappa shape index (κ1) is 13.6. The van der Waals surface area contributed by atoms with Crippen LogP contribution in [-0.4, -0.2) is 24.3 Å². The summed E-state index contributed by atoms with van der Waals surface area (Å²) in [5.41, 5.74) is 11.1. The van der Waals surface area contributed by atoms with Crippen molar-refractivity contribution in [1.82, 2.24) is 24.3 Å². The van der Waals surface area contributed by atoms with E-state index in [-0.39, 0.29) is 0 Å². The molecule has 0 amide bonds. The van der Waals surface area contributed by atoms with Gasteiger partial charge in [-0.15, -0.1) is 0 Å². The number of aryl methyl sites for hydroxylation is 3. The molecule has 0 fully saturated rings. The van der Waals surface area contributed by atoms with Crippen molar-refractivity contribution in [3.8, 4) is 0 Å². The summed E-state index contributed by atoms with van der Waals surface area (Å²) in [6, 6.07) is 3.99. The Kier molecular flexibility index (Phi) is 3.37. The number of aromatic nitrogens is 5. The monoisotopic (exact) mass is 284 g/mol. The summed E-state index contributed by atoms with van der Waals surface area (Å²) < 4.78 is 3.85. The molecule has 3 rings (SSSR count). The summed E-state index contributed by atoms with van der Waals surface area (Å²) in [7, 11) is 1.93. The fraction of sp³-hybridized carbons (Fsp3) is 0.400. The molecule has 6 nitrogen and oxygen atoms in total. The van der Waals surface area contributed by atoms with Crippen molar-refractivity contribution < 1.29 is 0 Å². The maximum absolute atomic E-state index is 6.11. The van der Waals surface area contributed by atoms with Gasteiger partial charge in [-0.05, 0) is 25.0 Å². The van der Waals surface area contributed by atoms with Crippen molar-refractivity contribution >= 4 is 17.1 Å². The van der Waals surface area contributed by atoms with Gasteiger partial charge in [0.15, 0.2) is 5.65 Å². The van der Waals surface area contributed by atoms with Gasteiger partial charge < -0.3 is 5.73 Å². The molecule has 0 saturated heterocycles. The highest BCUT2D eigenvalue weighted by atomic mass is 15.3. The van der Waals surface area contributed by atoms with Gasteiger partial charge in [0.2, 0.25) is 5.95 Å². The Hall–Kier alpha value is -2.37. The largest absolute Gasteiger partial charge is 0.369 e. The third kappa shape index (κ3) is 2.26. The van der Waals surface area contributed by atoms with Crippen LogP contribution in [0.15, 0.2) is 18.3 Å². The van der Waals surface area contributed by atoms with Gasteiger partial charge in [0.1, 0.15) is 5.52 Å². The van der Waals surface area contributed by atoms with Crippen LogP contribution in [0.2, 0.25) is 0 Å². The quantitative estimate of drug-likeness (QED) is 0.795. The molecule has 0 aromatic carbocycles. The fourth-order valence-electron chi connectivity index (χ4n) is 2.65.